The fourth-order valence-electron chi connectivity index (χ4n) is 6.06. The van der Waals surface area contributed by atoms with Gasteiger partial charge in [-0.15, -0.1) is 18.3 Å². The standard InChI is InChI=1S/C35H33ClF4N8O/c1-34(2,3)47-13-11-25(12-14-47)48-20-29(45-46-48)32(21-7-5-4-6-8-21)44-28-16-23(36)15-26-31(22(18-41)19-42-33(26)28)43-24-9-10-27(37)30(17-24)49-35(38,39)40/h4-10,15-17,19-20,25,32,44H,11-14H2,1-3H3,(H,42,43)/t32-/m0/s1. The second-order valence-corrected chi connectivity index (χ2v) is 13.3. The molecule has 0 aliphatic carbocycles. The van der Waals surface area contributed by atoms with E-state index in [0.29, 0.717) is 27.3 Å². The van der Waals surface area contributed by atoms with Crippen LogP contribution in [0, 0.1) is 17.1 Å². The Hall–Kier alpha value is -4.93. The van der Waals surface area contributed by atoms with E-state index in [0.717, 1.165) is 43.6 Å². The molecule has 1 aliphatic rings. The maximum Gasteiger partial charge on any atom is 0.573 e. The van der Waals surface area contributed by atoms with E-state index in [1.807, 2.05) is 41.2 Å². The summed E-state index contributed by atoms with van der Waals surface area (Å²) < 4.78 is 58.6. The predicted molar refractivity (Wildman–Crippen MR) is 179 cm³/mol. The van der Waals surface area contributed by atoms with Gasteiger partial charge in [-0.2, -0.15) is 5.26 Å². The molecular weight excluding hydrogens is 660 g/mol. The fourth-order valence-corrected chi connectivity index (χ4v) is 6.28. The molecule has 0 amide bonds. The number of fused-ring (bicyclic) bond motifs is 1. The second-order valence-electron chi connectivity index (χ2n) is 12.8. The number of alkyl halides is 3. The van der Waals surface area contributed by atoms with Gasteiger partial charge < -0.3 is 15.4 Å². The van der Waals surface area contributed by atoms with Gasteiger partial charge in [0.2, 0.25) is 0 Å². The predicted octanol–water partition coefficient (Wildman–Crippen LogP) is 8.77. The van der Waals surface area contributed by atoms with E-state index in [1.165, 1.54) is 12.3 Å². The third-order valence-corrected chi connectivity index (χ3v) is 8.74. The van der Waals surface area contributed by atoms with Crippen LogP contribution in [0.1, 0.15) is 62.5 Å². The quantitative estimate of drug-likeness (QED) is 0.156. The lowest BCUT2D eigenvalue weighted by Gasteiger charge is -2.40. The molecule has 0 spiro atoms. The highest BCUT2D eigenvalue weighted by atomic mass is 35.5. The topological polar surface area (TPSA) is 104 Å². The minimum atomic E-state index is -5.10. The average Bonchev–Trinajstić information content (AvgIpc) is 3.55. The van der Waals surface area contributed by atoms with Crippen LogP contribution < -0.4 is 15.4 Å². The molecule has 5 aromatic rings. The van der Waals surface area contributed by atoms with Gasteiger partial charge in [0.1, 0.15) is 11.8 Å². The van der Waals surface area contributed by atoms with Crippen molar-refractivity contribution in [2.45, 2.75) is 57.6 Å². The van der Waals surface area contributed by atoms with Gasteiger partial charge >= 0.3 is 6.36 Å². The van der Waals surface area contributed by atoms with Crippen molar-refractivity contribution in [2.75, 3.05) is 23.7 Å². The van der Waals surface area contributed by atoms with Crippen LogP contribution in [0.15, 0.2) is 73.1 Å². The molecule has 1 fully saturated rings. The van der Waals surface area contributed by atoms with Crippen LogP contribution in [0.4, 0.5) is 34.6 Å². The summed E-state index contributed by atoms with van der Waals surface area (Å²) in [5.41, 5.74) is 2.95. The lowest BCUT2D eigenvalue weighted by Crippen LogP contribution is -2.46. The van der Waals surface area contributed by atoms with E-state index in [9.17, 15) is 22.8 Å². The molecule has 3 heterocycles. The number of rotatable bonds is 8. The van der Waals surface area contributed by atoms with Crippen molar-refractivity contribution in [3.05, 3.63) is 101 Å². The third-order valence-electron chi connectivity index (χ3n) is 8.53. The summed E-state index contributed by atoms with van der Waals surface area (Å²) in [4.78, 5) is 7.03. The van der Waals surface area contributed by atoms with Crippen molar-refractivity contribution in [2.24, 2.45) is 0 Å². The molecule has 14 heteroatoms. The number of aromatic nitrogens is 4. The highest BCUT2D eigenvalue weighted by Crippen LogP contribution is 2.38. The molecule has 254 valence electrons. The number of piperidine rings is 1. The Kier molecular flexibility index (Phi) is 9.37. The Balaban J connectivity index is 1.36. The van der Waals surface area contributed by atoms with Gasteiger partial charge in [0, 0.05) is 47.0 Å². The zero-order valence-corrected chi connectivity index (χ0v) is 27.6. The van der Waals surface area contributed by atoms with Crippen LogP contribution in [-0.2, 0) is 0 Å². The average molecular weight is 693 g/mol. The number of halogens is 5. The molecule has 49 heavy (non-hydrogen) atoms. The molecule has 3 aromatic carbocycles. The number of hydrogen-bond acceptors (Lipinski definition) is 8. The number of anilines is 3. The van der Waals surface area contributed by atoms with Crippen molar-refractivity contribution < 1.29 is 22.3 Å². The number of benzene rings is 3. The Morgan fingerprint density at radius 2 is 1.78 bits per heavy atom. The van der Waals surface area contributed by atoms with E-state index in [1.54, 1.807) is 12.1 Å². The molecule has 9 nitrogen and oxygen atoms in total. The molecule has 1 saturated heterocycles. The molecule has 6 rings (SSSR count). The van der Waals surface area contributed by atoms with Crippen molar-refractivity contribution in [1.82, 2.24) is 24.9 Å². The molecule has 2 N–H and O–H groups in total. The number of nitriles is 1. The van der Waals surface area contributed by atoms with Gasteiger partial charge in [0.25, 0.3) is 0 Å². The lowest BCUT2D eigenvalue weighted by molar-refractivity contribution is -0.275. The van der Waals surface area contributed by atoms with Crippen LogP contribution >= 0.6 is 11.6 Å². The van der Waals surface area contributed by atoms with Crippen LogP contribution in [0.5, 0.6) is 5.75 Å². The van der Waals surface area contributed by atoms with E-state index in [-0.39, 0.29) is 28.5 Å². The first-order valence-electron chi connectivity index (χ1n) is 15.6. The number of ether oxygens (including phenoxy) is 1. The minimum Gasteiger partial charge on any atom is -0.403 e. The van der Waals surface area contributed by atoms with Gasteiger partial charge in [-0.05, 0) is 63.4 Å². The first-order chi connectivity index (χ1) is 23.3. The van der Waals surface area contributed by atoms with Crippen molar-refractivity contribution in [1.29, 1.82) is 5.26 Å². The SMILES string of the molecule is CC(C)(C)N1CCC(n2cc([C@@H](Nc3cc(Cl)cc4c(Nc5ccc(F)c(OC(F)(F)F)c5)c(C#N)cnc34)c3ccccc3)nn2)CC1. The normalized spacial score (nSPS) is 15.2. The monoisotopic (exact) mass is 692 g/mol. The zero-order valence-electron chi connectivity index (χ0n) is 26.9. The molecule has 2 aromatic heterocycles. The smallest absolute Gasteiger partial charge is 0.403 e. The number of nitrogens with one attached hydrogen (secondary N) is 2. The Morgan fingerprint density at radius 3 is 2.45 bits per heavy atom. The maximum absolute atomic E-state index is 14.2. The highest BCUT2D eigenvalue weighted by Gasteiger charge is 2.33. The summed E-state index contributed by atoms with van der Waals surface area (Å²) in [6.45, 7) is 8.58. The van der Waals surface area contributed by atoms with Crippen LogP contribution in [-0.4, -0.2) is 49.9 Å². The molecule has 1 atom stereocenters. The minimum absolute atomic E-state index is 0.0474. The summed E-state index contributed by atoms with van der Waals surface area (Å²) in [5, 5.41) is 26.2. The van der Waals surface area contributed by atoms with E-state index >= 15 is 0 Å². The van der Waals surface area contributed by atoms with Gasteiger partial charge in [-0.3, -0.25) is 9.88 Å². The molecule has 0 unspecified atom stereocenters. The molecule has 0 radical (unpaired) electrons. The largest absolute Gasteiger partial charge is 0.573 e. The first-order valence-corrected chi connectivity index (χ1v) is 16.0. The molecule has 0 saturated carbocycles. The molecule has 0 bridgehead atoms. The Labute approximate surface area is 285 Å². The second kappa shape index (κ2) is 13.5. The lowest BCUT2D eigenvalue weighted by atomic mass is 9.98. The summed E-state index contributed by atoms with van der Waals surface area (Å²) in [6.07, 6.45) is 0.0953. The number of likely N-dealkylation sites (tertiary alicyclic amines) is 1. The summed E-state index contributed by atoms with van der Waals surface area (Å²) in [5.74, 6) is -2.22. The van der Waals surface area contributed by atoms with E-state index < -0.39 is 24.0 Å². The number of nitrogens with zero attached hydrogens (tertiary/aromatic N) is 6. The summed E-state index contributed by atoms with van der Waals surface area (Å²) in [7, 11) is 0. The van der Waals surface area contributed by atoms with Crippen LogP contribution in [0.2, 0.25) is 5.02 Å². The van der Waals surface area contributed by atoms with Gasteiger partial charge in [0.15, 0.2) is 11.6 Å². The Morgan fingerprint density at radius 1 is 1.04 bits per heavy atom. The van der Waals surface area contributed by atoms with E-state index in [4.69, 9.17) is 11.6 Å². The van der Waals surface area contributed by atoms with Gasteiger partial charge in [-0.25, -0.2) is 9.07 Å². The van der Waals surface area contributed by atoms with Gasteiger partial charge in [0.05, 0.1) is 40.7 Å². The number of pyridine rings is 1. The van der Waals surface area contributed by atoms with Crippen molar-refractivity contribution >= 4 is 39.6 Å². The van der Waals surface area contributed by atoms with Crippen LogP contribution in [0.3, 0.4) is 0 Å². The fraction of sp³-hybridized carbons (Fsp3) is 0.314. The van der Waals surface area contributed by atoms with Gasteiger partial charge in [-0.1, -0.05) is 47.1 Å². The van der Waals surface area contributed by atoms with E-state index in [2.05, 4.69) is 62.4 Å². The molecular formula is C35H33ClF4N8O. The summed E-state index contributed by atoms with van der Waals surface area (Å²) in [6, 6.07) is 17.7. The maximum atomic E-state index is 14.2. The molecule has 1 aliphatic heterocycles. The first kappa shape index (κ1) is 34.0. The third kappa shape index (κ3) is 7.71. The van der Waals surface area contributed by atoms with Crippen molar-refractivity contribution in [3.8, 4) is 11.8 Å². The highest BCUT2D eigenvalue weighted by molar-refractivity contribution is 6.32. The zero-order chi connectivity index (χ0) is 34.9. The summed E-state index contributed by atoms with van der Waals surface area (Å²) >= 11 is 6.63. The van der Waals surface area contributed by atoms with Crippen molar-refractivity contribution in [3.63, 3.8) is 0 Å². The number of hydrogen-bond donors (Lipinski definition) is 2. The Bertz CT molecular complexity index is 2000. The van der Waals surface area contributed by atoms with Crippen LogP contribution in [0.25, 0.3) is 10.9 Å².